The molecule has 0 saturated heterocycles. The Morgan fingerprint density at radius 3 is 2.54 bits per heavy atom. The summed E-state index contributed by atoms with van der Waals surface area (Å²) in [5, 5.41) is 10.1. The topological polar surface area (TPSA) is 68.1 Å². The Morgan fingerprint density at radius 1 is 1.12 bits per heavy atom. The Balaban J connectivity index is 2.11. The average molecular weight is 359 g/mol. The number of allylic oxidation sites excluding steroid dienone is 2. The molecule has 142 valence electrons. The first kappa shape index (κ1) is 20.0. The van der Waals surface area contributed by atoms with Crippen LogP contribution in [0.15, 0.2) is 34.5 Å². The second-order valence-electron chi connectivity index (χ2n) is 6.18. The largest absolute Gasteiger partial charge is 0.512 e. The zero-order chi connectivity index (χ0) is 18.9. The average Bonchev–Trinajstić information content (AvgIpc) is 2.63. The molecule has 2 rings (SSSR count). The molecule has 0 atom stereocenters. The molecule has 1 aliphatic carbocycles. The number of aliphatic hydroxyl groups is 1. The van der Waals surface area contributed by atoms with Crippen molar-refractivity contribution in [2.45, 2.75) is 52.9 Å². The van der Waals surface area contributed by atoms with E-state index in [4.69, 9.17) is 9.47 Å². The number of aliphatic hydroxyl groups excluding tert-OH is 1. The van der Waals surface area contributed by atoms with E-state index in [0.29, 0.717) is 38.2 Å². The summed E-state index contributed by atoms with van der Waals surface area (Å²) in [6, 6.07) is 5.93. The molecule has 0 unspecified atom stereocenters. The zero-order valence-corrected chi connectivity index (χ0v) is 16.0. The summed E-state index contributed by atoms with van der Waals surface area (Å²) < 4.78 is 11.2. The monoisotopic (exact) mass is 359 g/mol. The summed E-state index contributed by atoms with van der Waals surface area (Å²) in [5.41, 5.74) is 2.30. The Kier molecular flexibility index (Phi) is 7.70. The molecule has 5 heteroatoms. The van der Waals surface area contributed by atoms with Crippen LogP contribution in [0.1, 0.15) is 52.0 Å². The number of ether oxygens (including phenoxy) is 2. The fourth-order valence-corrected chi connectivity index (χ4v) is 3.06. The molecule has 1 aromatic carbocycles. The number of rotatable bonds is 8. The van der Waals surface area contributed by atoms with Gasteiger partial charge in [0.1, 0.15) is 5.76 Å². The summed E-state index contributed by atoms with van der Waals surface area (Å²) in [4.78, 5) is 16.7. The molecule has 0 radical (unpaired) electrons. The number of carbonyl (C=O) groups excluding carboxylic acids is 1. The number of ketones is 1. The molecule has 0 aliphatic heterocycles. The molecule has 1 N–H and O–H groups in total. The van der Waals surface area contributed by atoms with Crippen LogP contribution in [-0.2, 0) is 11.2 Å². The van der Waals surface area contributed by atoms with Crippen molar-refractivity contribution in [2.75, 3.05) is 19.8 Å². The minimum atomic E-state index is 0.00838. The SMILES string of the molecule is CCOc1ccc(CCN=C2CCCC(=O)/C2=C(/O)CC)cc1OCC. The van der Waals surface area contributed by atoms with Crippen molar-refractivity contribution in [1.82, 2.24) is 0 Å². The van der Waals surface area contributed by atoms with Crippen molar-refractivity contribution in [1.29, 1.82) is 0 Å². The number of nitrogens with zero attached hydrogens (tertiary/aromatic N) is 1. The van der Waals surface area contributed by atoms with Gasteiger partial charge in [0.25, 0.3) is 0 Å². The van der Waals surface area contributed by atoms with Gasteiger partial charge in [-0.2, -0.15) is 0 Å². The molecule has 0 spiro atoms. The van der Waals surface area contributed by atoms with Gasteiger partial charge in [-0.25, -0.2) is 0 Å². The third kappa shape index (κ3) is 5.10. The smallest absolute Gasteiger partial charge is 0.168 e. The number of carbonyl (C=O) groups is 1. The number of aliphatic imine (C=N–C) groups is 1. The van der Waals surface area contributed by atoms with Crippen LogP contribution in [0.5, 0.6) is 11.5 Å². The van der Waals surface area contributed by atoms with Gasteiger partial charge in [0, 0.05) is 25.1 Å². The van der Waals surface area contributed by atoms with Crippen LogP contribution in [0.2, 0.25) is 0 Å². The van der Waals surface area contributed by atoms with E-state index < -0.39 is 0 Å². The molecule has 5 nitrogen and oxygen atoms in total. The van der Waals surface area contributed by atoms with Gasteiger partial charge >= 0.3 is 0 Å². The summed E-state index contributed by atoms with van der Waals surface area (Å²) >= 11 is 0. The normalized spacial score (nSPS) is 18.1. The molecule has 1 aromatic rings. The predicted octanol–water partition coefficient (Wildman–Crippen LogP) is 4.44. The lowest BCUT2D eigenvalue weighted by atomic mass is 9.90. The van der Waals surface area contributed by atoms with Crippen molar-refractivity contribution >= 4 is 11.5 Å². The second kappa shape index (κ2) is 10.00. The van der Waals surface area contributed by atoms with Crippen molar-refractivity contribution in [3.63, 3.8) is 0 Å². The highest BCUT2D eigenvalue weighted by Gasteiger charge is 2.24. The maximum atomic E-state index is 12.1. The van der Waals surface area contributed by atoms with E-state index >= 15 is 0 Å². The van der Waals surface area contributed by atoms with E-state index in [9.17, 15) is 9.90 Å². The predicted molar refractivity (Wildman–Crippen MR) is 104 cm³/mol. The summed E-state index contributed by atoms with van der Waals surface area (Å²) in [6.07, 6.45) is 3.24. The number of hydrogen-bond donors (Lipinski definition) is 1. The van der Waals surface area contributed by atoms with Gasteiger partial charge in [-0.3, -0.25) is 9.79 Å². The molecule has 1 aliphatic rings. The maximum absolute atomic E-state index is 12.1. The van der Waals surface area contributed by atoms with Gasteiger partial charge in [0.05, 0.1) is 18.8 Å². The Bertz CT molecular complexity index is 691. The third-order valence-electron chi connectivity index (χ3n) is 4.32. The van der Waals surface area contributed by atoms with Crippen molar-refractivity contribution in [3.8, 4) is 11.5 Å². The van der Waals surface area contributed by atoms with Gasteiger partial charge in [-0.05, 0) is 50.8 Å². The first-order valence-electron chi connectivity index (χ1n) is 9.48. The highest BCUT2D eigenvalue weighted by Crippen LogP contribution is 2.29. The Morgan fingerprint density at radius 2 is 1.85 bits per heavy atom. The standard InChI is InChI=1S/C21H29NO4/c1-4-17(23)21-16(8-7-9-18(21)24)22-13-12-15-10-11-19(25-5-2)20(14-15)26-6-3/h10-11,14,23H,4-9,12-13H2,1-3H3/b21-17+,22-16?. The highest BCUT2D eigenvalue weighted by atomic mass is 16.5. The molecule has 0 aromatic heterocycles. The fraction of sp³-hybridized carbons (Fsp3) is 0.524. The molecule has 0 bridgehead atoms. The number of hydrogen-bond acceptors (Lipinski definition) is 5. The van der Waals surface area contributed by atoms with E-state index in [1.807, 2.05) is 39.0 Å². The molecular weight excluding hydrogens is 330 g/mol. The second-order valence-corrected chi connectivity index (χ2v) is 6.18. The summed E-state index contributed by atoms with van der Waals surface area (Å²) in [7, 11) is 0. The van der Waals surface area contributed by atoms with E-state index in [0.717, 1.165) is 42.0 Å². The van der Waals surface area contributed by atoms with Gasteiger partial charge < -0.3 is 14.6 Å². The van der Waals surface area contributed by atoms with E-state index in [1.54, 1.807) is 0 Å². The maximum Gasteiger partial charge on any atom is 0.168 e. The molecule has 1 fully saturated rings. The molecular formula is C21H29NO4. The van der Waals surface area contributed by atoms with Crippen molar-refractivity contribution in [2.24, 2.45) is 4.99 Å². The minimum absolute atomic E-state index is 0.00838. The van der Waals surface area contributed by atoms with Crippen LogP contribution in [0.4, 0.5) is 0 Å². The van der Waals surface area contributed by atoms with Crippen LogP contribution >= 0.6 is 0 Å². The Labute approximate surface area is 155 Å². The first-order chi connectivity index (χ1) is 12.6. The zero-order valence-electron chi connectivity index (χ0n) is 16.0. The van der Waals surface area contributed by atoms with Crippen LogP contribution in [0.25, 0.3) is 0 Å². The lowest BCUT2D eigenvalue weighted by Crippen LogP contribution is -2.21. The molecule has 1 saturated carbocycles. The lowest BCUT2D eigenvalue weighted by molar-refractivity contribution is -0.115. The van der Waals surface area contributed by atoms with Crippen molar-refractivity contribution < 1.29 is 19.4 Å². The van der Waals surface area contributed by atoms with Crippen LogP contribution in [-0.4, -0.2) is 36.4 Å². The van der Waals surface area contributed by atoms with E-state index in [1.165, 1.54) is 0 Å². The third-order valence-corrected chi connectivity index (χ3v) is 4.32. The summed E-state index contributed by atoms with van der Waals surface area (Å²) in [6.45, 7) is 7.49. The molecule has 0 heterocycles. The van der Waals surface area contributed by atoms with Gasteiger partial charge in [0.2, 0.25) is 0 Å². The number of Topliss-reactive ketones (excluding diaryl/α,β-unsaturated/α-hetero) is 1. The Hall–Kier alpha value is -2.30. The quantitative estimate of drug-likeness (QED) is 0.550. The molecule has 0 amide bonds. The van der Waals surface area contributed by atoms with Crippen LogP contribution in [0, 0.1) is 0 Å². The highest BCUT2D eigenvalue weighted by molar-refractivity contribution is 6.24. The lowest BCUT2D eigenvalue weighted by Gasteiger charge is -2.17. The van der Waals surface area contributed by atoms with Gasteiger partial charge in [0.15, 0.2) is 17.3 Å². The van der Waals surface area contributed by atoms with E-state index in [-0.39, 0.29) is 11.5 Å². The van der Waals surface area contributed by atoms with E-state index in [2.05, 4.69) is 4.99 Å². The minimum Gasteiger partial charge on any atom is -0.512 e. The van der Waals surface area contributed by atoms with Crippen LogP contribution in [0.3, 0.4) is 0 Å². The van der Waals surface area contributed by atoms with Gasteiger partial charge in [-0.1, -0.05) is 13.0 Å². The summed E-state index contributed by atoms with van der Waals surface area (Å²) in [5.74, 6) is 1.67. The molecule has 26 heavy (non-hydrogen) atoms. The fourth-order valence-electron chi connectivity index (χ4n) is 3.06. The van der Waals surface area contributed by atoms with Crippen LogP contribution < -0.4 is 9.47 Å². The first-order valence-corrected chi connectivity index (χ1v) is 9.48. The van der Waals surface area contributed by atoms with Gasteiger partial charge in [-0.15, -0.1) is 0 Å². The van der Waals surface area contributed by atoms with Crippen molar-refractivity contribution in [3.05, 3.63) is 35.1 Å². The number of benzene rings is 1.